The first-order valence-electron chi connectivity index (χ1n) is 4.28. The summed E-state index contributed by atoms with van der Waals surface area (Å²) in [5.74, 6) is 0. The molecule has 0 saturated heterocycles. The van der Waals surface area contributed by atoms with Gasteiger partial charge in [0, 0.05) is 6.42 Å². The maximum absolute atomic E-state index is 8.12. The Morgan fingerprint density at radius 3 is 2.10 bits per heavy atom. The van der Waals surface area contributed by atoms with E-state index < -0.39 is 0 Å². The van der Waals surface area contributed by atoms with Crippen molar-refractivity contribution >= 4 is 0 Å². The lowest BCUT2D eigenvalue weighted by atomic mass is 10.2. The van der Waals surface area contributed by atoms with Gasteiger partial charge in [0.05, 0.1) is 6.07 Å². The van der Waals surface area contributed by atoms with Crippen molar-refractivity contribution in [3.8, 4) is 6.07 Å². The highest BCUT2D eigenvalue weighted by Gasteiger charge is 1.83. The summed E-state index contributed by atoms with van der Waals surface area (Å²) in [4.78, 5) is 0. The van der Waals surface area contributed by atoms with Crippen molar-refractivity contribution in [1.29, 1.82) is 5.26 Å². The number of rotatable bonds is 4. The molecule has 0 saturated carbocycles. The molecule has 0 aliphatic heterocycles. The molecule has 60 valence electrons. The average Bonchev–Trinajstić information content (AvgIpc) is 2.02. The average molecular weight is 141 g/mol. The third kappa shape index (κ3) is 15.6. The van der Waals surface area contributed by atoms with E-state index in [2.05, 4.69) is 13.0 Å². The van der Waals surface area contributed by atoms with Crippen molar-refractivity contribution in [2.75, 3.05) is 0 Å². The predicted octanol–water partition coefficient (Wildman–Crippen LogP) is 3.51. The monoisotopic (exact) mass is 141 g/mol. The van der Waals surface area contributed by atoms with Crippen LogP contribution in [0.15, 0.2) is 0 Å². The van der Waals surface area contributed by atoms with Crippen LogP contribution in [0.5, 0.6) is 0 Å². The first-order valence-corrected chi connectivity index (χ1v) is 4.28. The van der Waals surface area contributed by atoms with E-state index in [1.54, 1.807) is 0 Å². The Kier molecular flexibility index (Phi) is 19.3. The Balaban J connectivity index is 0. The number of hydrogen-bond acceptors (Lipinski definition) is 1. The summed E-state index contributed by atoms with van der Waals surface area (Å²) >= 11 is 0. The molecule has 0 rings (SSSR count). The summed E-state index contributed by atoms with van der Waals surface area (Å²) in [5, 5.41) is 8.12. The highest BCUT2D eigenvalue weighted by Crippen LogP contribution is 2.00. The molecule has 0 atom stereocenters. The minimum Gasteiger partial charge on any atom is -0.198 e. The first-order chi connectivity index (χ1) is 4.91. The molecular formula is C9H19N. The molecule has 0 aliphatic carbocycles. The Labute approximate surface area is 65.1 Å². The van der Waals surface area contributed by atoms with E-state index in [1.807, 2.05) is 13.8 Å². The Morgan fingerprint density at radius 2 is 1.70 bits per heavy atom. The van der Waals surface area contributed by atoms with Gasteiger partial charge in [0.1, 0.15) is 0 Å². The third-order valence-electron chi connectivity index (χ3n) is 1.14. The van der Waals surface area contributed by atoms with E-state index in [9.17, 15) is 0 Å². The zero-order chi connectivity index (χ0) is 8.24. The normalized spacial score (nSPS) is 7.40. The molecule has 0 amide bonds. The molecular weight excluding hydrogens is 122 g/mol. The van der Waals surface area contributed by atoms with E-state index in [0.29, 0.717) is 0 Å². The van der Waals surface area contributed by atoms with Crippen LogP contribution in [-0.2, 0) is 0 Å². The van der Waals surface area contributed by atoms with Crippen LogP contribution in [0.1, 0.15) is 52.9 Å². The fourth-order valence-corrected chi connectivity index (χ4v) is 0.631. The van der Waals surface area contributed by atoms with Crippen LogP contribution in [0.25, 0.3) is 0 Å². The third-order valence-corrected chi connectivity index (χ3v) is 1.14. The van der Waals surface area contributed by atoms with Crippen LogP contribution in [0, 0.1) is 11.3 Å². The molecule has 10 heavy (non-hydrogen) atoms. The van der Waals surface area contributed by atoms with Crippen molar-refractivity contribution in [3.05, 3.63) is 0 Å². The van der Waals surface area contributed by atoms with Gasteiger partial charge in [0.15, 0.2) is 0 Å². The molecule has 0 aromatic rings. The van der Waals surface area contributed by atoms with Gasteiger partial charge >= 0.3 is 0 Å². The number of unbranched alkanes of at least 4 members (excludes halogenated alkanes) is 4. The van der Waals surface area contributed by atoms with Gasteiger partial charge in [-0.2, -0.15) is 5.26 Å². The zero-order valence-corrected chi connectivity index (χ0v) is 7.48. The van der Waals surface area contributed by atoms with Gasteiger partial charge in [-0.25, -0.2) is 0 Å². The molecule has 0 spiro atoms. The van der Waals surface area contributed by atoms with Crippen molar-refractivity contribution in [3.63, 3.8) is 0 Å². The van der Waals surface area contributed by atoms with Crippen LogP contribution < -0.4 is 0 Å². The van der Waals surface area contributed by atoms with Crippen molar-refractivity contribution in [2.45, 2.75) is 52.9 Å². The van der Waals surface area contributed by atoms with Gasteiger partial charge in [-0.3, -0.25) is 0 Å². The van der Waals surface area contributed by atoms with Crippen LogP contribution in [-0.4, -0.2) is 0 Å². The Hall–Kier alpha value is -0.510. The van der Waals surface area contributed by atoms with Crippen LogP contribution in [0.4, 0.5) is 0 Å². The summed E-state index contributed by atoms with van der Waals surface area (Å²) in [5.41, 5.74) is 0. The largest absolute Gasteiger partial charge is 0.198 e. The summed E-state index contributed by atoms with van der Waals surface area (Å²) < 4.78 is 0. The van der Waals surface area contributed by atoms with E-state index in [4.69, 9.17) is 5.26 Å². The molecule has 0 aliphatic rings. The summed E-state index contributed by atoms with van der Waals surface area (Å²) in [7, 11) is 0. The van der Waals surface area contributed by atoms with Gasteiger partial charge in [0.2, 0.25) is 0 Å². The highest BCUT2D eigenvalue weighted by molar-refractivity contribution is 4.67. The molecule has 1 heteroatoms. The lowest BCUT2D eigenvalue weighted by molar-refractivity contribution is 0.678. The minimum atomic E-state index is 0.736. The SMILES string of the molecule is CC.CCCCCCC#N. The molecule has 0 fully saturated rings. The van der Waals surface area contributed by atoms with Crippen LogP contribution in [0.2, 0.25) is 0 Å². The molecule has 0 unspecified atom stereocenters. The molecule has 0 aromatic carbocycles. The minimum absolute atomic E-state index is 0.736. The fraction of sp³-hybridized carbons (Fsp3) is 0.889. The summed E-state index contributed by atoms with van der Waals surface area (Å²) in [6, 6.07) is 2.13. The lowest BCUT2D eigenvalue weighted by Crippen LogP contribution is -1.72. The van der Waals surface area contributed by atoms with E-state index in [0.717, 1.165) is 12.8 Å². The highest BCUT2D eigenvalue weighted by atomic mass is 14.2. The predicted molar refractivity (Wildman–Crippen MR) is 45.7 cm³/mol. The maximum atomic E-state index is 8.12. The summed E-state index contributed by atoms with van der Waals surface area (Å²) in [6.07, 6.45) is 5.58. The van der Waals surface area contributed by atoms with E-state index >= 15 is 0 Å². The second kappa shape index (κ2) is 15.8. The van der Waals surface area contributed by atoms with Crippen LogP contribution in [0.3, 0.4) is 0 Å². The first kappa shape index (κ1) is 12.2. The number of hydrogen-bond donors (Lipinski definition) is 0. The van der Waals surface area contributed by atoms with Crippen LogP contribution >= 0.6 is 0 Å². The molecule has 0 bridgehead atoms. The zero-order valence-electron chi connectivity index (χ0n) is 7.48. The van der Waals surface area contributed by atoms with Gasteiger partial charge in [-0.1, -0.05) is 40.0 Å². The van der Waals surface area contributed by atoms with Gasteiger partial charge in [-0.05, 0) is 6.42 Å². The molecule has 1 nitrogen and oxygen atoms in total. The Bertz CT molecular complexity index is 71.3. The van der Waals surface area contributed by atoms with E-state index in [1.165, 1.54) is 19.3 Å². The van der Waals surface area contributed by atoms with E-state index in [-0.39, 0.29) is 0 Å². The maximum Gasteiger partial charge on any atom is 0.0621 e. The second-order valence-electron chi connectivity index (χ2n) is 1.97. The number of nitriles is 1. The summed E-state index contributed by atoms with van der Waals surface area (Å²) in [6.45, 7) is 6.17. The topological polar surface area (TPSA) is 23.8 Å². The lowest BCUT2D eigenvalue weighted by Gasteiger charge is -1.89. The fourth-order valence-electron chi connectivity index (χ4n) is 0.631. The van der Waals surface area contributed by atoms with Crippen molar-refractivity contribution < 1.29 is 0 Å². The smallest absolute Gasteiger partial charge is 0.0621 e. The molecule has 0 aromatic heterocycles. The van der Waals surface area contributed by atoms with Gasteiger partial charge in [-0.15, -0.1) is 0 Å². The molecule has 0 N–H and O–H groups in total. The van der Waals surface area contributed by atoms with Crippen molar-refractivity contribution in [2.24, 2.45) is 0 Å². The number of nitrogens with zero attached hydrogens (tertiary/aromatic N) is 1. The quantitative estimate of drug-likeness (QED) is 0.550. The van der Waals surface area contributed by atoms with Crippen molar-refractivity contribution in [1.82, 2.24) is 0 Å². The van der Waals surface area contributed by atoms with Gasteiger partial charge in [0.25, 0.3) is 0 Å². The molecule has 0 heterocycles. The standard InChI is InChI=1S/C7H13N.C2H6/c1-2-3-4-5-6-7-8;1-2/h2-6H2,1H3;1-2H3. The molecule has 0 radical (unpaired) electrons. The second-order valence-corrected chi connectivity index (χ2v) is 1.97. The Morgan fingerprint density at radius 1 is 1.10 bits per heavy atom. The van der Waals surface area contributed by atoms with Gasteiger partial charge < -0.3 is 0 Å².